The molecule has 60 heavy (non-hydrogen) atoms. The van der Waals surface area contributed by atoms with Crippen LogP contribution < -0.4 is 41.5 Å². The van der Waals surface area contributed by atoms with Crippen LogP contribution in [-0.4, -0.2) is 64.6 Å². The van der Waals surface area contributed by atoms with Gasteiger partial charge in [0.1, 0.15) is 0 Å². The molecule has 0 aliphatic rings. The van der Waals surface area contributed by atoms with E-state index in [1.165, 1.54) is 24.2 Å². The Morgan fingerprint density at radius 3 is 0.383 bits per heavy atom. The van der Waals surface area contributed by atoms with Gasteiger partial charge in [-0.2, -0.15) is 0 Å². The summed E-state index contributed by atoms with van der Waals surface area (Å²) in [6.45, 7) is 57.8. The van der Waals surface area contributed by atoms with Crippen molar-refractivity contribution in [2.24, 2.45) is 0 Å². The summed E-state index contributed by atoms with van der Waals surface area (Å²) >= 11 is 0. The van der Waals surface area contributed by atoms with Gasteiger partial charge in [0.2, 0.25) is 0 Å². The van der Waals surface area contributed by atoms with Crippen LogP contribution in [0.25, 0.3) is 0 Å². The van der Waals surface area contributed by atoms with Crippen LogP contribution in [0.4, 0.5) is 0 Å². The van der Waals surface area contributed by atoms with Gasteiger partial charge in [0.15, 0.2) is 0 Å². The first-order valence-electron chi connectivity index (χ1n) is 23.5. The van der Waals surface area contributed by atoms with Crippen molar-refractivity contribution in [2.75, 3.05) is 0 Å². The van der Waals surface area contributed by atoms with Crippen LogP contribution in [-0.2, 0) is 0 Å². The second kappa shape index (κ2) is 22.5. The fraction of sp³-hybridized carbons (Fsp3) is 0.538. The van der Waals surface area contributed by atoms with Crippen LogP contribution >= 0.6 is 0 Å². The summed E-state index contributed by atoms with van der Waals surface area (Å²) in [5.41, 5.74) is 0. The molecule has 0 aliphatic heterocycles. The average molecular weight is 946 g/mol. The molecule has 0 spiro atoms. The van der Waals surface area contributed by atoms with E-state index < -0.39 is 64.6 Å². The van der Waals surface area contributed by atoms with Crippen molar-refractivity contribution in [3.05, 3.63) is 97.1 Å². The molecule has 4 rings (SSSR count). The number of rotatable bonds is 12. The van der Waals surface area contributed by atoms with E-state index in [4.69, 9.17) is 0 Å². The quantitative estimate of drug-likeness (QED) is 0.124. The first-order valence-corrected chi connectivity index (χ1v) is 50.4. The highest BCUT2D eigenvalue weighted by Crippen LogP contribution is 2.13. The molecule has 0 heterocycles. The Bertz CT molecular complexity index is 1550. The van der Waals surface area contributed by atoms with Crippen molar-refractivity contribution in [3.63, 3.8) is 0 Å². The molecule has 0 radical (unpaired) electrons. The van der Waals surface area contributed by atoms with Crippen molar-refractivity contribution in [2.45, 2.75) is 183 Å². The molecule has 0 fully saturated rings. The Hall–Kier alpha value is -1.38. The molecule has 0 N–H and O–H groups in total. The topological polar surface area (TPSA) is 0 Å². The molecule has 0 unspecified atom stereocenters. The lowest BCUT2D eigenvalue weighted by molar-refractivity contribution is 1.37. The lowest BCUT2D eigenvalue weighted by Crippen LogP contribution is -2.43. The summed E-state index contributed by atoms with van der Waals surface area (Å²) < 4.78 is 0. The summed E-state index contributed by atoms with van der Waals surface area (Å²) in [5, 5.41) is 12.7. The Morgan fingerprint density at radius 2 is 0.300 bits per heavy atom. The highest BCUT2D eigenvalue weighted by molar-refractivity contribution is 6.93. The molecule has 336 valence electrons. The number of hydrogen-bond donors (Lipinski definition) is 0. The van der Waals surface area contributed by atoms with E-state index in [1.54, 1.807) is 41.5 Å². The van der Waals surface area contributed by atoms with Crippen molar-refractivity contribution >= 4 is 106 Å². The summed E-state index contributed by atoms with van der Waals surface area (Å²) in [6, 6.07) is 43.3. The Balaban J connectivity index is 0.000000400. The maximum atomic E-state index is 2.45. The van der Waals surface area contributed by atoms with Crippen LogP contribution in [0, 0.1) is 0 Å². The van der Waals surface area contributed by atoms with Crippen LogP contribution in [0.15, 0.2) is 97.1 Å². The van der Waals surface area contributed by atoms with Crippen molar-refractivity contribution < 1.29 is 0 Å². The van der Waals surface area contributed by atoms with Crippen molar-refractivity contribution in [3.8, 4) is 0 Å². The third-order valence-corrected chi connectivity index (χ3v) is 36.6. The van der Waals surface area contributed by atoms with E-state index in [2.05, 4.69) is 256 Å². The first-order chi connectivity index (χ1) is 27.1. The van der Waals surface area contributed by atoms with Gasteiger partial charge in [0.05, 0.1) is 64.6 Å². The molecule has 4 aromatic carbocycles. The molecule has 0 saturated heterocycles. The van der Waals surface area contributed by atoms with Gasteiger partial charge in [-0.1, -0.05) is 321 Å². The zero-order valence-electron chi connectivity index (χ0n) is 44.1. The predicted molar refractivity (Wildman–Crippen MR) is 308 cm³/mol. The van der Waals surface area contributed by atoms with Crippen LogP contribution in [0.3, 0.4) is 0 Å². The minimum atomic E-state index is -1.12. The van der Waals surface area contributed by atoms with Crippen molar-refractivity contribution in [1.82, 2.24) is 0 Å². The number of benzene rings is 4. The molecular formula is C52H96Si8. The lowest BCUT2D eigenvalue weighted by Gasteiger charge is -2.23. The van der Waals surface area contributed by atoms with E-state index in [-0.39, 0.29) is 0 Å². The fourth-order valence-corrected chi connectivity index (χ4v) is 17.1. The standard InChI is InChI=1S/4C13H24Si2/c4*1-7-15(5,6)13-10-8-12(9-11-13)14(2,3)4/h4*8-11H,7H2,1-6H3. The maximum Gasteiger partial charge on any atom is 0.0803 e. The molecule has 8 heteroatoms. The fourth-order valence-electron chi connectivity index (χ4n) is 6.50. The van der Waals surface area contributed by atoms with Gasteiger partial charge in [0.25, 0.3) is 0 Å². The zero-order valence-corrected chi connectivity index (χ0v) is 52.1. The normalized spacial score (nSPS) is 12.9. The van der Waals surface area contributed by atoms with Gasteiger partial charge in [0, 0.05) is 0 Å². The van der Waals surface area contributed by atoms with E-state index in [0.717, 1.165) is 0 Å². The Kier molecular flexibility index (Phi) is 21.2. The lowest BCUT2D eigenvalue weighted by atomic mass is 10.4. The van der Waals surface area contributed by atoms with Gasteiger partial charge in [-0.25, -0.2) is 0 Å². The summed E-state index contributed by atoms with van der Waals surface area (Å²) in [5.74, 6) is 0. The molecule has 0 atom stereocenters. The van der Waals surface area contributed by atoms with Gasteiger partial charge >= 0.3 is 0 Å². The minimum absolute atomic E-state index is 1.11. The van der Waals surface area contributed by atoms with E-state index in [0.29, 0.717) is 0 Å². The SMILES string of the molecule is CC[Si](C)(C)c1ccc([Si](C)(C)C)cc1.CC[Si](C)(C)c1ccc([Si](C)(C)C)cc1.CC[Si](C)(C)c1ccc([Si](C)(C)C)cc1.CC[Si](C)(C)c1ccc([Si](C)(C)C)cc1. The maximum absolute atomic E-state index is 2.45. The zero-order chi connectivity index (χ0) is 46.8. The molecule has 0 nitrogen and oxygen atoms in total. The van der Waals surface area contributed by atoms with Gasteiger partial charge in [-0.05, 0) is 0 Å². The van der Waals surface area contributed by atoms with E-state index in [9.17, 15) is 0 Å². The molecule has 0 amide bonds. The van der Waals surface area contributed by atoms with Gasteiger partial charge in [-0.3, -0.25) is 0 Å². The largest absolute Gasteiger partial charge is 0.0803 e. The van der Waals surface area contributed by atoms with Crippen LogP contribution in [0.2, 0.25) is 155 Å². The molecule has 0 aliphatic carbocycles. The average Bonchev–Trinajstić information content (AvgIpc) is 3.17. The third-order valence-electron chi connectivity index (χ3n) is 13.7. The molecule has 4 aromatic rings. The first kappa shape index (κ1) is 56.6. The molecule has 0 aromatic heterocycles. The van der Waals surface area contributed by atoms with E-state index in [1.807, 2.05) is 0 Å². The summed E-state index contributed by atoms with van der Waals surface area (Å²) in [6.07, 6.45) is 0. The summed E-state index contributed by atoms with van der Waals surface area (Å²) in [7, 11) is -8.92. The molecule has 0 saturated carbocycles. The summed E-state index contributed by atoms with van der Waals surface area (Å²) in [4.78, 5) is 0. The van der Waals surface area contributed by atoms with Crippen molar-refractivity contribution in [1.29, 1.82) is 0 Å². The van der Waals surface area contributed by atoms with Crippen LogP contribution in [0.1, 0.15) is 27.7 Å². The smallest absolute Gasteiger partial charge is 0.0675 e. The highest BCUT2D eigenvalue weighted by Gasteiger charge is 2.25. The highest BCUT2D eigenvalue weighted by atomic mass is 28.3. The molecule has 0 bridgehead atoms. The Morgan fingerprint density at radius 1 is 0.200 bits per heavy atom. The van der Waals surface area contributed by atoms with Gasteiger partial charge in [-0.15, -0.1) is 0 Å². The Labute approximate surface area is 383 Å². The van der Waals surface area contributed by atoms with Crippen LogP contribution in [0.5, 0.6) is 0 Å². The predicted octanol–water partition coefficient (Wildman–Crippen LogP) is 12.7. The van der Waals surface area contributed by atoms with Gasteiger partial charge < -0.3 is 0 Å². The monoisotopic (exact) mass is 945 g/mol. The second-order valence-electron chi connectivity index (χ2n) is 24.3. The minimum Gasteiger partial charge on any atom is -0.0675 e. The second-order valence-corrected chi connectivity index (χ2v) is 64.8. The third kappa shape index (κ3) is 18.0. The number of hydrogen-bond acceptors (Lipinski definition) is 0. The molecular weight excluding hydrogens is 849 g/mol. The van der Waals surface area contributed by atoms with E-state index >= 15 is 0 Å².